The lowest BCUT2D eigenvalue weighted by molar-refractivity contribution is 0.0963. The molecule has 2 rings (SSSR count). The van der Waals surface area contributed by atoms with E-state index in [-0.39, 0.29) is 5.91 Å². The largest absolute Gasteiger partial charge is 0.355 e. The molecule has 2 N–H and O–H groups in total. The smallest absolute Gasteiger partial charge is 0.251 e. The van der Waals surface area contributed by atoms with Crippen molar-refractivity contribution in [3.8, 4) is 0 Å². The lowest BCUT2D eigenvalue weighted by Gasteiger charge is -2.08. The van der Waals surface area contributed by atoms with Crippen LogP contribution in [0.4, 0.5) is 0 Å². The first kappa shape index (κ1) is 14.3. The van der Waals surface area contributed by atoms with Gasteiger partial charge in [-0.25, -0.2) is 0 Å². The fraction of sp³-hybridized carbons (Fsp3) is 0.235. The Morgan fingerprint density at radius 3 is 2.35 bits per heavy atom. The number of rotatable bonds is 5. The number of nitrogens with one attached hydrogen (secondary N) is 2. The highest BCUT2D eigenvalue weighted by molar-refractivity contribution is 5.93. The molecule has 0 radical (unpaired) electrons. The minimum atomic E-state index is -0.0515. The second-order valence-electron chi connectivity index (χ2n) is 4.81. The Morgan fingerprint density at radius 1 is 1.00 bits per heavy atom. The minimum absolute atomic E-state index is 0.0515. The standard InChI is InChI=1S/C17H20N2O/c1-13-5-3-4-6-16(13)12-19-11-14-7-9-15(10-8-14)17(20)18-2/h3-10,19H,11-12H2,1-2H3,(H,18,20). The summed E-state index contributed by atoms with van der Waals surface area (Å²) in [6.07, 6.45) is 0. The van der Waals surface area contributed by atoms with Crippen LogP contribution in [0.25, 0.3) is 0 Å². The number of benzene rings is 2. The second kappa shape index (κ2) is 6.87. The van der Waals surface area contributed by atoms with E-state index < -0.39 is 0 Å². The summed E-state index contributed by atoms with van der Waals surface area (Å²) in [7, 11) is 1.64. The van der Waals surface area contributed by atoms with E-state index >= 15 is 0 Å². The average Bonchev–Trinajstić information content (AvgIpc) is 2.49. The summed E-state index contributed by atoms with van der Waals surface area (Å²) in [4.78, 5) is 11.4. The molecular formula is C17H20N2O. The molecule has 2 aromatic rings. The first-order chi connectivity index (χ1) is 9.70. The molecule has 0 spiro atoms. The van der Waals surface area contributed by atoms with Gasteiger partial charge in [0.15, 0.2) is 0 Å². The van der Waals surface area contributed by atoms with Gasteiger partial charge in [-0.05, 0) is 35.7 Å². The highest BCUT2D eigenvalue weighted by Gasteiger charge is 2.02. The first-order valence-electron chi connectivity index (χ1n) is 6.77. The third-order valence-corrected chi connectivity index (χ3v) is 3.35. The van der Waals surface area contributed by atoms with Crippen molar-refractivity contribution in [3.05, 3.63) is 70.8 Å². The molecule has 0 aromatic heterocycles. The monoisotopic (exact) mass is 268 g/mol. The highest BCUT2D eigenvalue weighted by Crippen LogP contribution is 2.08. The molecule has 104 valence electrons. The van der Waals surface area contributed by atoms with E-state index in [0.717, 1.165) is 13.1 Å². The zero-order valence-corrected chi connectivity index (χ0v) is 11.9. The average molecular weight is 268 g/mol. The minimum Gasteiger partial charge on any atom is -0.355 e. The van der Waals surface area contributed by atoms with Crippen LogP contribution >= 0.6 is 0 Å². The van der Waals surface area contributed by atoms with Crippen molar-refractivity contribution in [2.45, 2.75) is 20.0 Å². The van der Waals surface area contributed by atoms with Crippen molar-refractivity contribution in [2.75, 3.05) is 7.05 Å². The van der Waals surface area contributed by atoms with E-state index in [9.17, 15) is 4.79 Å². The van der Waals surface area contributed by atoms with Crippen LogP contribution in [-0.4, -0.2) is 13.0 Å². The first-order valence-corrected chi connectivity index (χ1v) is 6.77. The Kier molecular flexibility index (Phi) is 4.91. The maximum Gasteiger partial charge on any atom is 0.251 e. The summed E-state index contributed by atoms with van der Waals surface area (Å²) in [5.41, 5.74) is 4.48. The zero-order valence-electron chi connectivity index (χ0n) is 11.9. The molecule has 0 saturated heterocycles. The molecule has 0 fully saturated rings. The van der Waals surface area contributed by atoms with E-state index in [1.165, 1.54) is 16.7 Å². The van der Waals surface area contributed by atoms with Crippen LogP contribution in [0, 0.1) is 6.92 Å². The zero-order chi connectivity index (χ0) is 14.4. The number of amides is 1. The Morgan fingerprint density at radius 2 is 1.70 bits per heavy atom. The molecule has 0 aliphatic rings. The summed E-state index contributed by atoms with van der Waals surface area (Å²) in [6, 6.07) is 16.0. The Bertz CT molecular complexity index is 576. The van der Waals surface area contributed by atoms with Gasteiger partial charge in [0.25, 0.3) is 5.91 Å². The molecular weight excluding hydrogens is 248 g/mol. The van der Waals surface area contributed by atoms with Crippen molar-refractivity contribution >= 4 is 5.91 Å². The lowest BCUT2D eigenvalue weighted by atomic mass is 10.1. The lowest BCUT2D eigenvalue weighted by Crippen LogP contribution is -2.18. The maximum atomic E-state index is 11.4. The Labute approximate surface area is 120 Å². The van der Waals surface area contributed by atoms with Gasteiger partial charge < -0.3 is 10.6 Å². The molecule has 3 nitrogen and oxygen atoms in total. The van der Waals surface area contributed by atoms with Crippen molar-refractivity contribution in [1.82, 2.24) is 10.6 Å². The van der Waals surface area contributed by atoms with Gasteiger partial charge >= 0.3 is 0 Å². The van der Waals surface area contributed by atoms with Crippen molar-refractivity contribution in [3.63, 3.8) is 0 Å². The predicted octanol–water partition coefficient (Wildman–Crippen LogP) is 2.64. The van der Waals surface area contributed by atoms with Gasteiger partial charge in [0.2, 0.25) is 0 Å². The quantitative estimate of drug-likeness (QED) is 0.875. The van der Waals surface area contributed by atoms with Crippen molar-refractivity contribution in [2.24, 2.45) is 0 Å². The topological polar surface area (TPSA) is 41.1 Å². The summed E-state index contributed by atoms with van der Waals surface area (Å²) in [6.45, 7) is 3.77. The van der Waals surface area contributed by atoms with Crippen molar-refractivity contribution < 1.29 is 4.79 Å². The fourth-order valence-electron chi connectivity index (χ4n) is 2.07. The maximum absolute atomic E-state index is 11.4. The molecule has 0 bridgehead atoms. The van der Waals surface area contributed by atoms with Crippen LogP contribution in [-0.2, 0) is 13.1 Å². The Balaban J connectivity index is 1.88. The van der Waals surface area contributed by atoms with Gasteiger partial charge in [0.1, 0.15) is 0 Å². The van der Waals surface area contributed by atoms with E-state index in [1.807, 2.05) is 24.3 Å². The van der Waals surface area contributed by atoms with Crippen LogP contribution in [0.3, 0.4) is 0 Å². The summed E-state index contributed by atoms with van der Waals surface area (Å²) < 4.78 is 0. The molecule has 0 atom stereocenters. The number of hydrogen-bond donors (Lipinski definition) is 2. The van der Waals surface area contributed by atoms with Gasteiger partial charge in [0.05, 0.1) is 0 Å². The molecule has 0 saturated carbocycles. The third-order valence-electron chi connectivity index (χ3n) is 3.35. The van der Waals surface area contributed by atoms with Gasteiger partial charge in [-0.2, -0.15) is 0 Å². The number of aryl methyl sites for hydroxylation is 1. The van der Waals surface area contributed by atoms with E-state index in [0.29, 0.717) is 5.56 Å². The summed E-state index contributed by atoms with van der Waals surface area (Å²) >= 11 is 0. The molecule has 0 heterocycles. The second-order valence-corrected chi connectivity index (χ2v) is 4.81. The van der Waals surface area contributed by atoms with Gasteiger partial charge in [-0.3, -0.25) is 4.79 Å². The van der Waals surface area contributed by atoms with Gasteiger partial charge in [-0.1, -0.05) is 36.4 Å². The van der Waals surface area contributed by atoms with Crippen LogP contribution in [0.5, 0.6) is 0 Å². The molecule has 0 aliphatic carbocycles. The van der Waals surface area contributed by atoms with Gasteiger partial charge in [0, 0.05) is 25.7 Å². The molecule has 0 unspecified atom stereocenters. The normalized spacial score (nSPS) is 10.3. The van der Waals surface area contributed by atoms with Crippen LogP contribution in [0.2, 0.25) is 0 Å². The number of carbonyl (C=O) groups excluding carboxylic acids is 1. The summed E-state index contributed by atoms with van der Waals surface area (Å²) in [5.74, 6) is -0.0515. The molecule has 1 amide bonds. The van der Waals surface area contributed by atoms with Gasteiger partial charge in [-0.15, -0.1) is 0 Å². The highest BCUT2D eigenvalue weighted by atomic mass is 16.1. The molecule has 20 heavy (non-hydrogen) atoms. The third kappa shape index (κ3) is 3.68. The van der Waals surface area contributed by atoms with Crippen LogP contribution in [0.15, 0.2) is 48.5 Å². The fourth-order valence-corrected chi connectivity index (χ4v) is 2.07. The SMILES string of the molecule is CNC(=O)c1ccc(CNCc2ccccc2C)cc1. The van der Waals surface area contributed by atoms with E-state index in [4.69, 9.17) is 0 Å². The molecule has 0 aliphatic heterocycles. The van der Waals surface area contributed by atoms with Crippen molar-refractivity contribution in [1.29, 1.82) is 0 Å². The molecule has 3 heteroatoms. The molecule has 2 aromatic carbocycles. The van der Waals surface area contributed by atoms with Crippen LogP contribution in [0.1, 0.15) is 27.0 Å². The van der Waals surface area contributed by atoms with Crippen LogP contribution < -0.4 is 10.6 Å². The Hall–Kier alpha value is -2.13. The van der Waals surface area contributed by atoms with E-state index in [2.05, 4.69) is 41.8 Å². The number of hydrogen-bond acceptors (Lipinski definition) is 2. The predicted molar refractivity (Wildman–Crippen MR) is 81.6 cm³/mol. The summed E-state index contributed by atoms with van der Waals surface area (Å²) in [5, 5.41) is 6.04. The number of carbonyl (C=O) groups is 1. The van der Waals surface area contributed by atoms with E-state index in [1.54, 1.807) is 7.05 Å².